The van der Waals surface area contributed by atoms with Gasteiger partial charge in [-0.05, 0) is 0 Å². The van der Waals surface area contributed by atoms with Crippen LogP contribution in [0, 0.1) is 43.2 Å². The molecule has 2 amide bonds. The zero-order valence-electron chi connectivity index (χ0n) is 11.4. The molecule has 0 fully saturated rings. The SMILES string of the molecule is CN(C)C(=O)c1cc(C(=O)[N]([Rb])[RaH])n2cccc2n1. The van der Waals surface area contributed by atoms with E-state index in [1.165, 1.54) is 4.90 Å². The average molecular weight is 543 g/mol. The molecule has 90 valence electrons. The summed E-state index contributed by atoms with van der Waals surface area (Å²) in [5.74, 6) is -0.164. The van der Waals surface area contributed by atoms with Crippen molar-refractivity contribution in [3.05, 3.63) is 35.8 Å². The van der Waals surface area contributed by atoms with Gasteiger partial charge in [0.15, 0.2) is 0 Å². The van der Waals surface area contributed by atoms with Crippen molar-refractivity contribution in [2.24, 2.45) is 0 Å². The number of fused-ring (bicyclic) bond motifs is 1. The maximum absolute atomic E-state index is 12.3. The van der Waals surface area contributed by atoms with Gasteiger partial charge in [-0.3, -0.25) is 0 Å². The molecule has 6 nitrogen and oxygen atoms in total. The van der Waals surface area contributed by atoms with Crippen LogP contribution >= 0.6 is 0 Å². The van der Waals surface area contributed by atoms with E-state index in [0.29, 0.717) is 17.0 Å². The second kappa shape index (κ2) is 6.78. The Hall–Kier alpha value is 0.903. The van der Waals surface area contributed by atoms with E-state index >= 15 is 0 Å². The summed E-state index contributed by atoms with van der Waals surface area (Å²) in [5.41, 5.74) is 1.48. The van der Waals surface area contributed by atoms with Crippen LogP contribution in [0.4, 0.5) is 0 Å². The van der Waals surface area contributed by atoms with E-state index in [0.717, 1.165) is 0 Å². The first-order valence-corrected chi connectivity index (χ1v) is 11.7. The minimum absolute atomic E-state index is 0.0223. The first kappa shape index (κ1) is 16.3. The van der Waals surface area contributed by atoms with Gasteiger partial charge in [0.1, 0.15) is 0 Å². The standard InChI is InChI=1S/C11H10N4O2.Ra.Rb.H/c1-14(2)11(17)7-6-8(10(12)16)15-5-3-4-9(15)13-7;;;/h3-6H,1-2H3;;;. The number of nitrogens with zero attached hydrogens (tertiary/aromatic N) is 4. The van der Waals surface area contributed by atoms with Gasteiger partial charge in [0.2, 0.25) is 0 Å². The monoisotopic (exact) mass is 542 g/mol. The van der Waals surface area contributed by atoms with Gasteiger partial charge < -0.3 is 0 Å². The summed E-state index contributed by atoms with van der Waals surface area (Å²) in [6, 6.07) is 5.22. The van der Waals surface area contributed by atoms with Crippen LogP contribution in [-0.2, 0) is 0 Å². The second-order valence-corrected chi connectivity index (χ2v) is 31.5. The number of aromatic nitrogens is 2. The number of hydrogen-bond acceptors (Lipinski definition) is 3. The number of hydrogen-bond donors (Lipinski definition) is 0. The minimum atomic E-state index is -0.190. The fourth-order valence-corrected chi connectivity index (χ4v) is 3.26. The van der Waals surface area contributed by atoms with E-state index in [-0.39, 0.29) is 111 Å². The predicted octanol–water partition coefficient (Wildman–Crippen LogP) is -0.242. The van der Waals surface area contributed by atoms with Crippen molar-refractivity contribution in [1.29, 1.82) is 0 Å². The van der Waals surface area contributed by atoms with E-state index < -0.39 is 0 Å². The Balaban J connectivity index is 2.64. The van der Waals surface area contributed by atoms with Gasteiger partial charge in [0, 0.05) is 0 Å². The van der Waals surface area contributed by atoms with Gasteiger partial charge in [-0.25, -0.2) is 0 Å². The molecule has 8 heteroatoms. The first-order chi connectivity index (χ1) is 8.91. The second-order valence-electron chi connectivity index (χ2n) is 4.66. The number of rotatable bonds is 2. The average Bonchev–Trinajstić information content (AvgIpc) is 2.83. The van der Waals surface area contributed by atoms with Crippen LogP contribution in [0.15, 0.2) is 24.4 Å². The quantitative estimate of drug-likeness (QED) is 0.527. The third kappa shape index (κ3) is 3.57. The van der Waals surface area contributed by atoms with Crippen LogP contribution in [0.25, 0.3) is 5.65 Å². The van der Waals surface area contributed by atoms with Gasteiger partial charge >= 0.3 is 185 Å². The van der Waals surface area contributed by atoms with Crippen molar-refractivity contribution in [1.82, 2.24) is 8.46 Å². The summed E-state index contributed by atoms with van der Waals surface area (Å²) in [6.45, 7) is 0. The third-order valence-corrected chi connectivity index (χ3v) is 5.41. The normalized spacial score (nSPS) is 10.5. The molecular weight excluding hydrogens is 532 g/mol. The van der Waals surface area contributed by atoms with Crippen LogP contribution in [0.5, 0.6) is 0 Å². The molecule has 0 bridgehead atoms. The molecule has 19 heavy (non-hydrogen) atoms. The summed E-state index contributed by atoms with van der Waals surface area (Å²) in [7, 11) is 3.35. The van der Waals surface area contributed by atoms with E-state index in [1.54, 1.807) is 36.8 Å². The third-order valence-electron chi connectivity index (χ3n) is 2.75. The molecule has 2 aromatic heterocycles. The van der Waals surface area contributed by atoms with E-state index in [1.807, 2.05) is 0.242 Å². The fraction of sp³-hybridized carbons (Fsp3) is 0.182. The summed E-state index contributed by atoms with van der Waals surface area (Å²) in [4.78, 5) is 30.0. The van der Waals surface area contributed by atoms with Crippen LogP contribution in [-0.4, -0.2) is 90.4 Å². The molecular formula is C11H11N4O2RaRb. The Kier molecular flexibility index (Phi) is 5.80. The molecule has 2 heterocycles. The Bertz CT molecular complexity index is 653. The summed E-state index contributed by atoms with van der Waals surface area (Å²) >= 11 is 0.202. The Morgan fingerprint density at radius 1 is 1.37 bits per heavy atom. The molecule has 0 aromatic carbocycles. The van der Waals surface area contributed by atoms with Crippen molar-refractivity contribution in [2.75, 3.05) is 14.1 Å². The molecule has 0 aliphatic heterocycles. The molecule has 0 radical (unpaired) electrons. The number of carbonyl (C=O) groups is 2. The van der Waals surface area contributed by atoms with Crippen molar-refractivity contribution in [3.63, 3.8) is 0 Å². The van der Waals surface area contributed by atoms with Gasteiger partial charge in [-0.15, -0.1) is 0 Å². The molecule has 0 saturated heterocycles. The molecule has 0 N–H and O–H groups in total. The van der Waals surface area contributed by atoms with Crippen LogP contribution in [0.3, 0.4) is 0 Å². The number of amides is 2. The van der Waals surface area contributed by atoms with Crippen LogP contribution in [0.2, 0.25) is 0 Å². The molecule has 2 aromatic rings. The molecule has 2 rings (SSSR count). The maximum atomic E-state index is 12.3. The molecule has 0 aliphatic carbocycles. The molecule has 0 atom stereocenters. The molecule has 0 aliphatic rings. The van der Waals surface area contributed by atoms with E-state index in [2.05, 4.69) is 4.98 Å². The van der Waals surface area contributed by atoms with Gasteiger partial charge in [0.25, 0.3) is 0 Å². The fourth-order valence-electron chi connectivity index (χ4n) is 1.75. The predicted molar refractivity (Wildman–Crippen MR) is 66.5 cm³/mol. The van der Waals surface area contributed by atoms with E-state index in [9.17, 15) is 9.59 Å². The summed E-state index contributed by atoms with van der Waals surface area (Å²) in [5, 5.41) is 0. The molecule has 0 unspecified atom stereocenters. The van der Waals surface area contributed by atoms with Crippen LogP contribution < -0.4 is 0 Å². The zero-order chi connectivity index (χ0) is 14.2. The number of carbonyl (C=O) groups excluding carboxylic acids is 2. The first-order valence-electron chi connectivity index (χ1n) is 5.83. The summed E-state index contributed by atoms with van der Waals surface area (Å²) < 4.78 is 3.66. The Morgan fingerprint density at radius 2 is 2.05 bits per heavy atom. The van der Waals surface area contributed by atoms with Crippen molar-refractivity contribution < 1.29 is 52.8 Å². The van der Waals surface area contributed by atoms with E-state index in [4.69, 9.17) is 0 Å². The van der Waals surface area contributed by atoms with Gasteiger partial charge in [-0.2, -0.15) is 0 Å². The van der Waals surface area contributed by atoms with Crippen molar-refractivity contribution >= 4 is 73.5 Å². The van der Waals surface area contributed by atoms with Crippen LogP contribution in [0.1, 0.15) is 21.0 Å². The van der Waals surface area contributed by atoms with Crippen molar-refractivity contribution in [2.45, 2.75) is 0 Å². The zero-order valence-corrected chi connectivity index (χ0v) is 24.6. The topological polar surface area (TPSA) is 57.9 Å². The summed E-state index contributed by atoms with van der Waals surface area (Å²) in [6.07, 6.45) is 1.80. The van der Waals surface area contributed by atoms with Gasteiger partial charge in [0.05, 0.1) is 0 Å². The molecule has 0 spiro atoms. The molecule has 0 saturated carbocycles. The van der Waals surface area contributed by atoms with Gasteiger partial charge in [-0.1, -0.05) is 0 Å². The van der Waals surface area contributed by atoms with Crippen molar-refractivity contribution in [3.8, 4) is 0 Å². The Labute approximate surface area is 180 Å². The Morgan fingerprint density at radius 3 is 2.63 bits per heavy atom.